The molecular formula is C14H22N2O3. The quantitative estimate of drug-likeness (QED) is 0.820. The lowest BCUT2D eigenvalue weighted by Crippen LogP contribution is -2.41. The molecule has 1 unspecified atom stereocenters. The molecule has 0 aliphatic rings. The number of carbonyl (C=O) groups excluding carboxylic acids is 1. The monoisotopic (exact) mass is 266 g/mol. The minimum atomic E-state index is -0.899. The maximum atomic E-state index is 11.9. The van der Waals surface area contributed by atoms with Crippen LogP contribution < -0.4 is 10.1 Å². The van der Waals surface area contributed by atoms with E-state index in [0.29, 0.717) is 23.8 Å². The maximum Gasteiger partial charge on any atom is 0.252 e. The third kappa shape index (κ3) is 5.26. The van der Waals surface area contributed by atoms with E-state index in [2.05, 4.69) is 10.3 Å². The first-order valence-corrected chi connectivity index (χ1v) is 6.34. The number of ether oxygens (including phenoxy) is 1. The molecule has 0 radical (unpaired) electrons. The highest BCUT2D eigenvalue weighted by Gasteiger charge is 2.22. The van der Waals surface area contributed by atoms with Crippen LogP contribution in [0.25, 0.3) is 0 Å². The van der Waals surface area contributed by atoms with Gasteiger partial charge in [-0.3, -0.25) is 4.79 Å². The van der Waals surface area contributed by atoms with E-state index in [-0.39, 0.29) is 12.5 Å². The number of amides is 1. The summed E-state index contributed by atoms with van der Waals surface area (Å²) in [5.41, 5.74) is -0.454. The number of hydrogen-bond acceptors (Lipinski definition) is 4. The van der Waals surface area contributed by atoms with Gasteiger partial charge in [0.1, 0.15) is 0 Å². The Morgan fingerprint density at radius 1 is 1.53 bits per heavy atom. The van der Waals surface area contributed by atoms with E-state index in [4.69, 9.17) is 4.74 Å². The number of nitrogens with zero attached hydrogens (tertiary/aromatic N) is 1. The Labute approximate surface area is 114 Å². The molecule has 1 amide bonds. The van der Waals surface area contributed by atoms with E-state index < -0.39 is 5.60 Å². The number of hydrogen-bond donors (Lipinski definition) is 2. The molecule has 0 saturated heterocycles. The first-order chi connectivity index (χ1) is 8.84. The van der Waals surface area contributed by atoms with Gasteiger partial charge in [-0.05, 0) is 25.3 Å². The number of nitrogens with one attached hydrogen (secondary N) is 1. The highest BCUT2D eigenvalue weighted by molar-refractivity contribution is 5.93. The van der Waals surface area contributed by atoms with Gasteiger partial charge in [-0.1, -0.05) is 13.8 Å². The molecule has 19 heavy (non-hydrogen) atoms. The summed E-state index contributed by atoms with van der Waals surface area (Å²) in [6.07, 6.45) is 2.08. The molecule has 106 valence electrons. The van der Waals surface area contributed by atoms with Crippen molar-refractivity contribution in [2.24, 2.45) is 5.92 Å². The molecule has 2 N–H and O–H groups in total. The predicted octanol–water partition coefficient (Wildman–Crippen LogP) is 1.62. The summed E-state index contributed by atoms with van der Waals surface area (Å²) >= 11 is 0. The van der Waals surface area contributed by atoms with Crippen LogP contribution in [0.5, 0.6) is 5.88 Å². The van der Waals surface area contributed by atoms with Gasteiger partial charge < -0.3 is 15.2 Å². The van der Waals surface area contributed by atoms with Crippen LogP contribution in [0, 0.1) is 5.92 Å². The second-order valence-corrected chi connectivity index (χ2v) is 5.37. The zero-order valence-corrected chi connectivity index (χ0v) is 11.9. The second-order valence-electron chi connectivity index (χ2n) is 5.37. The summed E-state index contributed by atoms with van der Waals surface area (Å²) in [5, 5.41) is 12.8. The van der Waals surface area contributed by atoms with E-state index in [0.717, 1.165) is 0 Å². The Morgan fingerprint density at radius 3 is 2.68 bits per heavy atom. The van der Waals surface area contributed by atoms with Crippen LogP contribution in [0.4, 0.5) is 0 Å². The van der Waals surface area contributed by atoms with Crippen LogP contribution in [0.2, 0.25) is 0 Å². The number of rotatable bonds is 6. The molecule has 1 atom stereocenters. The van der Waals surface area contributed by atoms with Crippen LogP contribution in [0.3, 0.4) is 0 Å². The molecule has 0 spiro atoms. The number of aromatic nitrogens is 1. The molecule has 1 rings (SSSR count). The SMILES string of the molecule is COc1ccc(C(=O)NCC(C)(O)CC(C)C)cn1. The molecule has 0 bridgehead atoms. The Balaban J connectivity index is 2.55. The third-order valence-corrected chi connectivity index (χ3v) is 2.69. The molecule has 0 aliphatic carbocycles. The lowest BCUT2D eigenvalue weighted by molar-refractivity contribution is 0.0368. The average Bonchev–Trinajstić information content (AvgIpc) is 2.34. The van der Waals surface area contributed by atoms with Crippen molar-refractivity contribution in [3.63, 3.8) is 0 Å². The fraction of sp³-hybridized carbons (Fsp3) is 0.571. The number of methoxy groups -OCH3 is 1. The summed E-state index contributed by atoms with van der Waals surface area (Å²) in [4.78, 5) is 15.8. The molecule has 0 aliphatic heterocycles. The fourth-order valence-corrected chi connectivity index (χ4v) is 1.96. The zero-order chi connectivity index (χ0) is 14.5. The van der Waals surface area contributed by atoms with Gasteiger partial charge in [0.25, 0.3) is 5.91 Å². The summed E-state index contributed by atoms with van der Waals surface area (Å²) < 4.78 is 4.92. The largest absolute Gasteiger partial charge is 0.481 e. The summed E-state index contributed by atoms with van der Waals surface area (Å²) in [6, 6.07) is 3.26. The van der Waals surface area contributed by atoms with Crippen molar-refractivity contribution in [1.29, 1.82) is 0 Å². The standard InChI is InChI=1S/C14H22N2O3/c1-10(2)7-14(3,18)9-16-13(17)11-5-6-12(19-4)15-8-11/h5-6,8,10,18H,7,9H2,1-4H3,(H,16,17). The minimum absolute atomic E-state index is 0.218. The Kier molecular flexibility index (Phi) is 5.30. The Morgan fingerprint density at radius 2 is 2.21 bits per heavy atom. The van der Waals surface area contributed by atoms with Crippen LogP contribution in [-0.4, -0.2) is 35.3 Å². The second kappa shape index (κ2) is 6.52. The van der Waals surface area contributed by atoms with Crippen LogP contribution in [0.1, 0.15) is 37.6 Å². The minimum Gasteiger partial charge on any atom is -0.481 e. The molecule has 1 aromatic rings. The lowest BCUT2D eigenvalue weighted by atomic mass is 9.94. The molecule has 0 fully saturated rings. The zero-order valence-electron chi connectivity index (χ0n) is 11.9. The molecule has 0 aromatic carbocycles. The third-order valence-electron chi connectivity index (χ3n) is 2.69. The normalized spacial score (nSPS) is 14.0. The van der Waals surface area contributed by atoms with Gasteiger partial charge in [-0.15, -0.1) is 0 Å². The van der Waals surface area contributed by atoms with E-state index in [1.54, 1.807) is 19.1 Å². The maximum absolute atomic E-state index is 11.9. The van der Waals surface area contributed by atoms with Crippen LogP contribution >= 0.6 is 0 Å². The van der Waals surface area contributed by atoms with Crippen molar-refractivity contribution in [3.05, 3.63) is 23.9 Å². The number of carbonyl (C=O) groups is 1. The molecular weight excluding hydrogens is 244 g/mol. The summed E-state index contributed by atoms with van der Waals surface area (Å²) in [6.45, 7) is 6.00. The number of aliphatic hydroxyl groups is 1. The summed E-state index contributed by atoms with van der Waals surface area (Å²) in [7, 11) is 1.52. The van der Waals surface area contributed by atoms with Crippen molar-refractivity contribution in [3.8, 4) is 5.88 Å². The van der Waals surface area contributed by atoms with Gasteiger partial charge >= 0.3 is 0 Å². The molecule has 1 aromatic heterocycles. The number of pyridine rings is 1. The van der Waals surface area contributed by atoms with Gasteiger partial charge in [0, 0.05) is 18.8 Å². The van der Waals surface area contributed by atoms with Crippen LogP contribution in [-0.2, 0) is 0 Å². The first kappa shape index (κ1) is 15.4. The van der Waals surface area contributed by atoms with Crippen molar-refractivity contribution < 1.29 is 14.6 Å². The van der Waals surface area contributed by atoms with Crippen molar-refractivity contribution in [1.82, 2.24) is 10.3 Å². The Bertz CT molecular complexity index is 413. The van der Waals surface area contributed by atoms with E-state index in [1.807, 2.05) is 13.8 Å². The smallest absolute Gasteiger partial charge is 0.252 e. The lowest BCUT2D eigenvalue weighted by Gasteiger charge is -2.25. The molecule has 0 saturated carbocycles. The molecule has 5 heteroatoms. The van der Waals surface area contributed by atoms with Gasteiger partial charge in [0.05, 0.1) is 18.3 Å². The van der Waals surface area contributed by atoms with Gasteiger partial charge in [0.15, 0.2) is 0 Å². The van der Waals surface area contributed by atoms with Gasteiger partial charge in [-0.2, -0.15) is 0 Å². The molecule has 5 nitrogen and oxygen atoms in total. The van der Waals surface area contributed by atoms with Gasteiger partial charge in [0.2, 0.25) is 5.88 Å². The van der Waals surface area contributed by atoms with E-state index >= 15 is 0 Å². The highest BCUT2D eigenvalue weighted by atomic mass is 16.5. The first-order valence-electron chi connectivity index (χ1n) is 6.34. The van der Waals surface area contributed by atoms with Crippen molar-refractivity contribution >= 4 is 5.91 Å². The Hall–Kier alpha value is -1.62. The van der Waals surface area contributed by atoms with Gasteiger partial charge in [-0.25, -0.2) is 4.98 Å². The molecule has 1 heterocycles. The van der Waals surface area contributed by atoms with E-state index in [9.17, 15) is 9.90 Å². The van der Waals surface area contributed by atoms with Crippen LogP contribution in [0.15, 0.2) is 18.3 Å². The predicted molar refractivity (Wildman–Crippen MR) is 73.2 cm³/mol. The summed E-state index contributed by atoms with van der Waals surface area (Å²) in [5.74, 6) is 0.581. The highest BCUT2D eigenvalue weighted by Crippen LogP contribution is 2.15. The topological polar surface area (TPSA) is 71.5 Å². The van der Waals surface area contributed by atoms with Crippen molar-refractivity contribution in [2.45, 2.75) is 32.8 Å². The van der Waals surface area contributed by atoms with Crippen molar-refractivity contribution in [2.75, 3.05) is 13.7 Å². The van der Waals surface area contributed by atoms with E-state index in [1.165, 1.54) is 13.3 Å². The average molecular weight is 266 g/mol. The fourth-order valence-electron chi connectivity index (χ4n) is 1.96.